The molecule has 4 nitrogen and oxygen atoms in total. The Balaban J connectivity index is 2.08. The molecule has 2 aliphatic rings. The molecule has 4 heteroatoms. The van der Waals surface area contributed by atoms with Crippen molar-refractivity contribution in [3.63, 3.8) is 0 Å². The molecule has 1 fully saturated rings. The molecule has 0 radical (unpaired) electrons. The van der Waals surface area contributed by atoms with E-state index < -0.39 is 6.09 Å². The van der Waals surface area contributed by atoms with Crippen LogP contribution in [0.4, 0.5) is 4.79 Å². The molecular weight excluding hydrogens is 182 g/mol. The molecule has 0 unspecified atom stereocenters. The summed E-state index contributed by atoms with van der Waals surface area (Å²) in [5, 5.41) is 8.75. The average molecular weight is 195 g/mol. The Labute approximate surface area is 82.2 Å². The van der Waals surface area contributed by atoms with Crippen molar-refractivity contribution in [2.24, 2.45) is 5.41 Å². The lowest BCUT2D eigenvalue weighted by Crippen LogP contribution is -2.48. The maximum absolute atomic E-state index is 11.8. The molecule has 0 saturated carbocycles. The summed E-state index contributed by atoms with van der Waals surface area (Å²) >= 11 is 0. The zero-order valence-electron chi connectivity index (χ0n) is 7.90. The number of piperidine rings is 1. The standard InChI is InChI=1S/C10H13NO3/c12-8-7-11(9(13)14)6-5-10(8)3-1-2-4-10/h1-2H,3-7H2,(H,13,14). The predicted molar refractivity (Wildman–Crippen MR) is 50.0 cm³/mol. The summed E-state index contributed by atoms with van der Waals surface area (Å²) in [6.45, 7) is 0.555. The van der Waals surface area contributed by atoms with Crippen LogP contribution in [0.1, 0.15) is 19.3 Å². The van der Waals surface area contributed by atoms with Gasteiger partial charge in [0.1, 0.15) is 0 Å². The van der Waals surface area contributed by atoms with Crippen molar-refractivity contribution in [2.75, 3.05) is 13.1 Å². The normalized spacial score (nSPS) is 24.6. The van der Waals surface area contributed by atoms with Crippen LogP contribution >= 0.6 is 0 Å². The van der Waals surface area contributed by atoms with Crippen LogP contribution in [0.25, 0.3) is 0 Å². The number of hydrogen-bond acceptors (Lipinski definition) is 2. The van der Waals surface area contributed by atoms with E-state index in [9.17, 15) is 9.59 Å². The molecule has 14 heavy (non-hydrogen) atoms. The lowest BCUT2D eigenvalue weighted by atomic mass is 9.75. The zero-order valence-corrected chi connectivity index (χ0v) is 7.90. The van der Waals surface area contributed by atoms with Gasteiger partial charge in [-0.25, -0.2) is 4.79 Å². The largest absolute Gasteiger partial charge is 0.465 e. The van der Waals surface area contributed by atoms with Crippen LogP contribution in [0, 0.1) is 5.41 Å². The van der Waals surface area contributed by atoms with E-state index in [0.29, 0.717) is 13.0 Å². The van der Waals surface area contributed by atoms with Gasteiger partial charge in [-0.3, -0.25) is 4.79 Å². The molecule has 0 aromatic rings. The first-order valence-corrected chi connectivity index (χ1v) is 4.80. The minimum absolute atomic E-state index is 0.0665. The van der Waals surface area contributed by atoms with Gasteiger partial charge in [0, 0.05) is 12.0 Å². The van der Waals surface area contributed by atoms with Gasteiger partial charge in [-0.05, 0) is 19.3 Å². The summed E-state index contributed by atoms with van der Waals surface area (Å²) < 4.78 is 0. The third-order valence-electron chi connectivity index (χ3n) is 3.24. The number of likely N-dealkylation sites (tertiary alicyclic amines) is 1. The third-order valence-corrected chi connectivity index (χ3v) is 3.24. The molecular formula is C10H13NO3. The first kappa shape index (κ1) is 9.24. The molecule has 1 N–H and O–H groups in total. The molecule has 76 valence electrons. The summed E-state index contributed by atoms with van der Waals surface area (Å²) in [7, 11) is 0. The zero-order chi connectivity index (χ0) is 10.2. The Hall–Kier alpha value is -1.32. The van der Waals surface area contributed by atoms with Gasteiger partial charge in [-0.2, -0.15) is 0 Å². The van der Waals surface area contributed by atoms with Crippen molar-refractivity contribution in [3.05, 3.63) is 12.2 Å². The second-order valence-corrected chi connectivity index (χ2v) is 4.04. The van der Waals surface area contributed by atoms with Crippen molar-refractivity contribution in [1.82, 2.24) is 4.90 Å². The Kier molecular flexibility index (Phi) is 2.06. The van der Waals surface area contributed by atoms with E-state index in [1.807, 2.05) is 12.2 Å². The van der Waals surface area contributed by atoms with E-state index in [1.165, 1.54) is 4.90 Å². The quantitative estimate of drug-likeness (QED) is 0.592. The highest BCUT2D eigenvalue weighted by molar-refractivity contribution is 5.90. The number of allylic oxidation sites excluding steroid dienone is 2. The molecule has 1 heterocycles. The molecule has 0 bridgehead atoms. The molecule has 1 amide bonds. The number of amides is 1. The van der Waals surface area contributed by atoms with Crippen LogP contribution in [0.15, 0.2) is 12.2 Å². The lowest BCUT2D eigenvalue weighted by Gasteiger charge is -2.36. The van der Waals surface area contributed by atoms with Crippen LogP contribution in [-0.2, 0) is 4.79 Å². The highest BCUT2D eigenvalue weighted by atomic mass is 16.4. The summed E-state index contributed by atoms with van der Waals surface area (Å²) in [6, 6.07) is 0. The Morgan fingerprint density at radius 1 is 1.43 bits per heavy atom. The number of carbonyl (C=O) groups excluding carboxylic acids is 1. The minimum Gasteiger partial charge on any atom is -0.465 e. The van der Waals surface area contributed by atoms with Crippen LogP contribution in [-0.4, -0.2) is 35.0 Å². The number of rotatable bonds is 0. The van der Waals surface area contributed by atoms with Crippen LogP contribution < -0.4 is 0 Å². The Morgan fingerprint density at radius 3 is 2.57 bits per heavy atom. The van der Waals surface area contributed by atoms with Crippen molar-refractivity contribution < 1.29 is 14.7 Å². The van der Waals surface area contributed by atoms with Crippen LogP contribution in [0.2, 0.25) is 0 Å². The summed E-state index contributed by atoms with van der Waals surface area (Å²) in [5.74, 6) is 0.0798. The fourth-order valence-corrected chi connectivity index (χ4v) is 2.20. The number of carboxylic acid groups (broad SMARTS) is 1. The molecule has 1 saturated heterocycles. The number of nitrogens with zero attached hydrogens (tertiary/aromatic N) is 1. The lowest BCUT2D eigenvalue weighted by molar-refractivity contribution is -0.132. The fraction of sp³-hybridized carbons (Fsp3) is 0.600. The van der Waals surface area contributed by atoms with Gasteiger partial charge >= 0.3 is 6.09 Å². The highest BCUT2D eigenvalue weighted by Gasteiger charge is 2.43. The highest BCUT2D eigenvalue weighted by Crippen LogP contribution is 2.40. The summed E-state index contributed by atoms with van der Waals surface area (Å²) in [6.07, 6.45) is 5.31. The maximum atomic E-state index is 11.8. The SMILES string of the molecule is O=C(O)N1CCC2(CC=CC2)C(=O)C1. The first-order chi connectivity index (χ1) is 6.64. The molecule has 0 atom stereocenters. The van der Waals surface area contributed by atoms with E-state index >= 15 is 0 Å². The van der Waals surface area contributed by atoms with E-state index in [4.69, 9.17) is 5.11 Å². The second-order valence-electron chi connectivity index (χ2n) is 4.04. The van der Waals surface area contributed by atoms with Crippen molar-refractivity contribution >= 4 is 11.9 Å². The maximum Gasteiger partial charge on any atom is 0.407 e. The monoisotopic (exact) mass is 195 g/mol. The number of Topliss-reactive ketones (excluding diaryl/α,β-unsaturated/α-hetero) is 1. The molecule has 1 aliphatic heterocycles. The Morgan fingerprint density at radius 2 is 2.07 bits per heavy atom. The molecule has 2 rings (SSSR count). The van der Waals surface area contributed by atoms with Crippen LogP contribution in [0.5, 0.6) is 0 Å². The number of hydrogen-bond donors (Lipinski definition) is 1. The smallest absolute Gasteiger partial charge is 0.407 e. The van der Waals surface area contributed by atoms with Gasteiger partial charge in [-0.1, -0.05) is 12.2 Å². The topological polar surface area (TPSA) is 57.6 Å². The molecule has 0 aromatic carbocycles. The van der Waals surface area contributed by atoms with Crippen molar-refractivity contribution in [3.8, 4) is 0 Å². The summed E-state index contributed by atoms with van der Waals surface area (Å²) in [5.41, 5.74) is -0.258. The van der Waals surface area contributed by atoms with Gasteiger partial charge in [0.2, 0.25) is 0 Å². The molecule has 0 aromatic heterocycles. The van der Waals surface area contributed by atoms with Gasteiger partial charge in [-0.15, -0.1) is 0 Å². The minimum atomic E-state index is -0.987. The molecule has 1 spiro atoms. The van der Waals surface area contributed by atoms with E-state index in [1.54, 1.807) is 0 Å². The van der Waals surface area contributed by atoms with Gasteiger partial charge in [0.25, 0.3) is 0 Å². The second kappa shape index (κ2) is 3.12. The average Bonchev–Trinajstić information content (AvgIpc) is 2.59. The van der Waals surface area contributed by atoms with E-state index in [2.05, 4.69) is 0 Å². The van der Waals surface area contributed by atoms with E-state index in [-0.39, 0.29) is 17.7 Å². The summed E-state index contributed by atoms with van der Waals surface area (Å²) in [4.78, 5) is 23.6. The number of carbonyl (C=O) groups is 2. The predicted octanol–water partition coefficient (Wildman–Crippen LogP) is 1.28. The van der Waals surface area contributed by atoms with E-state index in [0.717, 1.165) is 12.8 Å². The Bertz CT molecular complexity index is 300. The first-order valence-electron chi connectivity index (χ1n) is 4.80. The van der Waals surface area contributed by atoms with Gasteiger partial charge < -0.3 is 10.0 Å². The van der Waals surface area contributed by atoms with Crippen molar-refractivity contribution in [1.29, 1.82) is 0 Å². The van der Waals surface area contributed by atoms with Gasteiger partial charge in [0.05, 0.1) is 6.54 Å². The third kappa shape index (κ3) is 1.31. The van der Waals surface area contributed by atoms with Gasteiger partial charge in [0.15, 0.2) is 5.78 Å². The molecule has 1 aliphatic carbocycles. The number of ketones is 1. The van der Waals surface area contributed by atoms with Crippen LogP contribution in [0.3, 0.4) is 0 Å². The fourth-order valence-electron chi connectivity index (χ4n) is 2.20. The van der Waals surface area contributed by atoms with Crippen molar-refractivity contribution in [2.45, 2.75) is 19.3 Å².